The lowest BCUT2D eigenvalue weighted by Crippen LogP contribution is -2.40. The minimum Gasteiger partial charge on any atom is -0.508 e. The number of Topliss-reactive ketones (excluding diaryl/α,β-unsaturated/α-hetero) is 1. The van der Waals surface area contributed by atoms with Crippen LogP contribution in [0.25, 0.3) is 5.82 Å². The highest BCUT2D eigenvalue weighted by atomic mass is 35.5. The molecule has 1 amide bonds. The summed E-state index contributed by atoms with van der Waals surface area (Å²) >= 11 is 6.30. The first-order valence-corrected chi connectivity index (χ1v) is 10.5. The molecule has 2 aromatic heterocycles. The molecule has 31 heavy (non-hydrogen) atoms. The topological polar surface area (TPSA) is 88.3 Å². The minimum absolute atomic E-state index is 0.0368. The number of rotatable bonds is 4. The number of amides is 1. The fourth-order valence-electron chi connectivity index (χ4n) is 3.92. The summed E-state index contributed by atoms with van der Waals surface area (Å²) in [6.07, 6.45) is 1.14. The number of phenols is 1. The van der Waals surface area contributed by atoms with E-state index in [9.17, 15) is 14.7 Å². The lowest BCUT2D eigenvalue weighted by Gasteiger charge is -2.31. The third-order valence-corrected chi connectivity index (χ3v) is 5.87. The van der Waals surface area contributed by atoms with Gasteiger partial charge >= 0.3 is 0 Å². The highest BCUT2D eigenvalue weighted by Gasteiger charge is 2.30. The third-order valence-electron chi connectivity index (χ3n) is 5.57. The summed E-state index contributed by atoms with van der Waals surface area (Å²) in [4.78, 5) is 32.0. The number of likely N-dealkylation sites (tertiary alicyclic amines) is 1. The first kappa shape index (κ1) is 21.1. The Balaban J connectivity index is 1.47. The monoisotopic (exact) mass is 438 g/mol. The molecule has 0 unspecified atom stereocenters. The molecule has 8 heteroatoms. The van der Waals surface area contributed by atoms with E-state index in [-0.39, 0.29) is 34.1 Å². The number of piperidine rings is 1. The molecule has 3 aromatic rings. The van der Waals surface area contributed by atoms with E-state index < -0.39 is 0 Å². The van der Waals surface area contributed by atoms with Crippen LogP contribution in [0.3, 0.4) is 0 Å². The fourth-order valence-corrected chi connectivity index (χ4v) is 4.10. The number of carbonyl (C=O) groups is 2. The van der Waals surface area contributed by atoms with Crippen molar-refractivity contribution in [1.82, 2.24) is 19.7 Å². The zero-order chi connectivity index (χ0) is 22.1. The van der Waals surface area contributed by atoms with Gasteiger partial charge < -0.3 is 10.0 Å². The van der Waals surface area contributed by atoms with Gasteiger partial charge in [0.15, 0.2) is 11.6 Å². The predicted octanol–water partition coefficient (Wildman–Crippen LogP) is 3.98. The molecule has 1 aliphatic rings. The molecule has 160 valence electrons. The number of halogens is 1. The van der Waals surface area contributed by atoms with Crippen LogP contribution in [0, 0.1) is 19.8 Å². The molecule has 0 bridgehead atoms. The second-order valence-corrected chi connectivity index (χ2v) is 8.22. The van der Waals surface area contributed by atoms with Crippen molar-refractivity contribution in [2.24, 2.45) is 5.92 Å². The van der Waals surface area contributed by atoms with Crippen molar-refractivity contribution < 1.29 is 14.7 Å². The molecule has 0 spiro atoms. The molecule has 1 fully saturated rings. The number of pyridine rings is 1. The van der Waals surface area contributed by atoms with Gasteiger partial charge in [-0.1, -0.05) is 11.6 Å². The van der Waals surface area contributed by atoms with Crippen molar-refractivity contribution in [3.63, 3.8) is 0 Å². The van der Waals surface area contributed by atoms with E-state index in [1.165, 1.54) is 12.1 Å². The maximum Gasteiger partial charge on any atom is 0.274 e. The Bertz CT molecular complexity index is 1130. The number of hydrogen-bond acceptors (Lipinski definition) is 5. The highest BCUT2D eigenvalue weighted by molar-refractivity contribution is 6.33. The number of carbonyl (C=O) groups excluding carboxylic acids is 2. The largest absolute Gasteiger partial charge is 0.508 e. The van der Waals surface area contributed by atoms with E-state index in [1.54, 1.807) is 33.8 Å². The Morgan fingerprint density at radius 2 is 1.74 bits per heavy atom. The van der Waals surface area contributed by atoms with Gasteiger partial charge in [0.2, 0.25) is 0 Å². The van der Waals surface area contributed by atoms with Gasteiger partial charge in [-0.2, -0.15) is 5.10 Å². The molecule has 1 N–H and O–H groups in total. The van der Waals surface area contributed by atoms with Gasteiger partial charge in [0.05, 0.1) is 10.7 Å². The van der Waals surface area contributed by atoms with E-state index in [2.05, 4.69) is 10.1 Å². The van der Waals surface area contributed by atoms with E-state index >= 15 is 0 Å². The van der Waals surface area contributed by atoms with Gasteiger partial charge in [0, 0.05) is 30.3 Å². The van der Waals surface area contributed by atoms with Crippen molar-refractivity contribution >= 4 is 23.3 Å². The van der Waals surface area contributed by atoms with Crippen LogP contribution in [-0.4, -0.2) is 49.6 Å². The Morgan fingerprint density at radius 3 is 2.35 bits per heavy atom. The van der Waals surface area contributed by atoms with Crippen LogP contribution in [0.15, 0.2) is 42.5 Å². The van der Waals surface area contributed by atoms with Crippen molar-refractivity contribution in [2.45, 2.75) is 26.7 Å². The highest BCUT2D eigenvalue weighted by Crippen LogP contribution is 2.25. The summed E-state index contributed by atoms with van der Waals surface area (Å²) in [6, 6.07) is 11.6. The van der Waals surface area contributed by atoms with Crippen molar-refractivity contribution in [3.05, 3.63) is 70.1 Å². The van der Waals surface area contributed by atoms with E-state index in [4.69, 9.17) is 11.6 Å². The maximum absolute atomic E-state index is 13.1. The Morgan fingerprint density at radius 1 is 1.06 bits per heavy atom. The number of aryl methyl sites for hydroxylation is 2. The number of hydrogen-bond donors (Lipinski definition) is 1. The van der Waals surface area contributed by atoms with Gasteiger partial charge in [-0.15, -0.1) is 0 Å². The number of aromatic nitrogens is 3. The normalized spacial score (nSPS) is 14.6. The Kier molecular flexibility index (Phi) is 5.78. The molecule has 7 nitrogen and oxygen atoms in total. The van der Waals surface area contributed by atoms with Crippen LogP contribution < -0.4 is 0 Å². The smallest absolute Gasteiger partial charge is 0.274 e. The first-order valence-electron chi connectivity index (χ1n) is 10.2. The molecule has 1 aromatic carbocycles. The number of ketones is 1. The summed E-state index contributed by atoms with van der Waals surface area (Å²) in [5, 5.41) is 14.1. The summed E-state index contributed by atoms with van der Waals surface area (Å²) in [6.45, 7) is 4.73. The van der Waals surface area contributed by atoms with Crippen LogP contribution in [0.5, 0.6) is 5.75 Å². The van der Waals surface area contributed by atoms with Crippen LogP contribution in [-0.2, 0) is 0 Å². The van der Waals surface area contributed by atoms with Gasteiger partial charge in [0.1, 0.15) is 11.4 Å². The van der Waals surface area contributed by atoms with Crippen molar-refractivity contribution in [1.29, 1.82) is 0 Å². The molecule has 4 rings (SSSR count). The number of aromatic hydroxyl groups is 1. The van der Waals surface area contributed by atoms with Crippen LogP contribution in [0.1, 0.15) is 45.1 Å². The van der Waals surface area contributed by atoms with E-state index in [0.717, 1.165) is 11.4 Å². The average molecular weight is 439 g/mol. The molecule has 3 heterocycles. The molecular formula is C23H23ClN4O3. The van der Waals surface area contributed by atoms with Gasteiger partial charge in [-0.25, -0.2) is 9.67 Å². The number of nitrogens with zero attached hydrogens (tertiary/aromatic N) is 4. The van der Waals surface area contributed by atoms with Crippen LogP contribution in [0.2, 0.25) is 5.02 Å². The SMILES string of the molecule is Cc1cc(C)n(-c2ccc(Cl)c(C(=O)N3CCC(C(=O)c4ccc(O)cc4)CC3)n2)n1. The molecule has 0 radical (unpaired) electrons. The zero-order valence-electron chi connectivity index (χ0n) is 17.4. The molecule has 0 saturated carbocycles. The minimum atomic E-state index is -0.246. The molecule has 0 aliphatic carbocycles. The fraction of sp³-hybridized carbons (Fsp3) is 0.304. The lowest BCUT2D eigenvalue weighted by molar-refractivity contribution is 0.0645. The number of benzene rings is 1. The third kappa shape index (κ3) is 4.32. The van der Waals surface area contributed by atoms with Crippen molar-refractivity contribution in [2.75, 3.05) is 13.1 Å². The number of phenolic OH excluding ortho intramolecular Hbond substituents is 1. The second-order valence-electron chi connectivity index (χ2n) is 7.82. The summed E-state index contributed by atoms with van der Waals surface area (Å²) in [7, 11) is 0. The standard InChI is InChI=1S/C23H23ClN4O3/c1-14-13-15(2)28(26-14)20-8-7-19(24)21(25-20)23(31)27-11-9-17(10-12-27)22(30)16-3-5-18(29)6-4-16/h3-8,13,17,29H,9-12H2,1-2H3. The summed E-state index contributed by atoms with van der Waals surface area (Å²) in [5.41, 5.74) is 2.54. The average Bonchev–Trinajstić information content (AvgIpc) is 3.11. The maximum atomic E-state index is 13.1. The van der Waals surface area contributed by atoms with Crippen LogP contribution in [0.4, 0.5) is 0 Å². The zero-order valence-corrected chi connectivity index (χ0v) is 18.1. The van der Waals surface area contributed by atoms with Gasteiger partial charge in [0.25, 0.3) is 5.91 Å². The molecular weight excluding hydrogens is 416 g/mol. The summed E-state index contributed by atoms with van der Waals surface area (Å²) < 4.78 is 1.69. The quantitative estimate of drug-likeness (QED) is 0.622. The van der Waals surface area contributed by atoms with Gasteiger partial charge in [-0.3, -0.25) is 9.59 Å². The Hall–Kier alpha value is -3.19. The molecule has 0 atom stereocenters. The van der Waals surface area contributed by atoms with Crippen molar-refractivity contribution in [3.8, 4) is 11.6 Å². The summed E-state index contributed by atoms with van der Waals surface area (Å²) in [5.74, 6) is 0.302. The van der Waals surface area contributed by atoms with E-state index in [1.807, 2.05) is 19.9 Å². The predicted molar refractivity (Wildman–Crippen MR) is 117 cm³/mol. The van der Waals surface area contributed by atoms with E-state index in [0.29, 0.717) is 37.3 Å². The Labute approximate surface area is 185 Å². The molecule has 1 saturated heterocycles. The first-order chi connectivity index (χ1) is 14.8. The second kappa shape index (κ2) is 8.51. The van der Waals surface area contributed by atoms with Crippen LogP contribution >= 0.6 is 11.6 Å². The molecule has 1 aliphatic heterocycles. The lowest BCUT2D eigenvalue weighted by atomic mass is 9.89. The van der Waals surface area contributed by atoms with Gasteiger partial charge in [-0.05, 0) is 69.2 Å².